The van der Waals surface area contributed by atoms with Crippen molar-refractivity contribution in [2.45, 2.75) is 44.6 Å². The molecule has 2 atom stereocenters. The van der Waals surface area contributed by atoms with E-state index in [-0.39, 0.29) is 12.6 Å². The summed E-state index contributed by atoms with van der Waals surface area (Å²) < 4.78 is 24.6. The van der Waals surface area contributed by atoms with Crippen molar-refractivity contribution < 1.29 is 8.78 Å². The lowest BCUT2D eigenvalue weighted by atomic mass is 9.94. The van der Waals surface area contributed by atoms with Crippen molar-refractivity contribution in [2.24, 2.45) is 11.7 Å². The summed E-state index contributed by atoms with van der Waals surface area (Å²) in [6.07, 6.45) is 3.43. The van der Waals surface area contributed by atoms with Crippen molar-refractivity contribution in [1.29, 1.82) is 0 Å². The number of rotatable bonds is 4. The number of hydrogen-bond acceptors (Lipinski definition) is 2. The van der Waals surface area contributed by atoms with Crippen molar-refractivity contribution in [3.05, 3.63) is 0 Å². The van der Waals surface area contributed by atoms with E-state index in [0.717, 1.165) is 19.3 Å². The van der Waals surface area contributed by atoms with Crippen LogP contribution in [0.1, 0.15) is 32.1 Å². The van der Waals surface area contributed by atoms with Gasteiger partial charge in [0.25, 0.3) is 6.43 Å². The third-order valence-electron chi connectivity index (χ3n) is 3.41. The van der Waals surface area contributed by atoms with Crippen molar-refractivity contribution in [1.82, 2.24) is 4.90 Å². The molecule has 0 radical (unpaired) electrons. The molecule has 4 heteroatoms. The third kappa shape index (κ3) is 4.03. The Morgan fingerprint density at radius 1 is 1.27 bits per heavy atom. The molecule has 0 aliphatic heterocycles. The first-order valence-corrected chi connectivity index (χ1v) is 5.83. The zero-order valence-electron chi connectivity index (χ0n) is 9.46. The van der Waals surface area contributed by atoms with Crippen LogP contribution in [0.3, 0.4) is 0 Å². The Balaban J connectivity index is 2.53. The highest BCUT2D eigenvalue weighted by atomic mass is 19.3. The summed E-state index contributed by atoms with van der Waals surface area (Å²) in [6.45, 7) is 0.499. The number of alkyl halides is 2. The van der Waals surface area contributed by atoms with Gasteiger partial charge in [-0.3, -0.25) is 4.90 Å². The Hall–Kier alpha value is -0.220. The molecule has 1 aliphatic rings. The van der Waals surface area contributed by atoms with Gasteiger partial charge in [0.05, 0.1) is 6.54 Å². The van der Waals surface area contributed by atoms with Gasteiger partial charge in [0.1, 0.15) is 0 Å². The van der Waals surface area contributed by atoms with Gasteiger partial charge in [-0.1, -0.05) is 19.3 Å². The summed E-state index contributed by atoms with van der Waals surface area (Å²) in [5.74, 6) is 0.399. The molecule has 0 heterocycles. The van der Waals surface area contributed by atoms with Crippen LogP contribution in [-0.4, -0.2) is 37.5 Å². The first-order chi connectivity index (χ1) is 7.15. The van der Waals surface area contributed by atoms with E-state index in [1.807, 2.05) is 0 Å². The Labute approximate surface area is 90.8 Å². The summed E-state index contributed by atoms with van der Waals surface area (Å²) in [6, 6.07) is 0.256. The minimum atomic E-state index is -2.24. The van der Waals surface area contributed by atoms with Crippen LogP contribution in [0.15, 0.2) is 0 Å². The molecule has 1 rings (SSSR count). The average Bonchev–Trinajstić information content (AvgIpc) is 2.40. The minimum absolute atomic E-state index is 0.124. The van der Waals surface area contributed by atoms with E-state index in [1.54, 1.807) is 11.9 Å². The molecule has 2 unspecified atom stereocenters. The predicted octanol–water partition coefficient (Wildman–Crippen LogP) is 2.09. The number of hydrogen-bond donors (Lipinski definition) is 1. The molecule has 0 spiro atoms. The summed E-state index contributed by atoms with van der Waals surface area (Å²) in [7, 11) is 1.80. The lowest BCUT2D eigenvalue weighted by Gasteiger charge is -2.32. The molecule has 2 nitrogen and oxygen atoms in total. The van der Waals surface area contributed by atoms with E-state index in [2.05, 4.69) is 0 Å². The standard InChI is InChI=1S/C11H22F2N2/c1-15(8-11(12)13)10-6-4-2-3-5-9(10)7-14/h9-11H,2-8,14H2,1H3. The van der Waals surface area contributed by atoms with Gasteiger partial charge in [-0.2, -0.15) is 0 Å². The van der Waals surface area contributed by atoms with Crippen LogP contribution in [0.2, 0.25) is 0 Å². The monoisotopic (exact) mass is 220 g/mol. The molecule has 1 aliphatic carbocycles. The van der Waals surface area contributed by atoms with Crippen LogP contribution < -0.4 is 5.73 Å². The molecule has 0 aromatic carbocycles. The topological polar surface area (TPSA) is 29.3 Å². The van der Waals surface area contributed by atoms with Crippen LogP contribution in [-0.2, 0) is 0 Å². The van der Waals surface area contributed by atoms with E-state index < -0.39 is 6.43 Å². The van der Waals surface area contributed by atoms with Crippen molar-refractivity contribution >= 4 is 0 Å². The van der Waals surface area contributed by atoms with Crippen molar-refractivity contribution in [3.63, 3.8) is 0 Å². The smallest absolute Gasteiger partial charge is 0.251 e. The van der Waals surface area contributed by atoms with Gasteiger partial charge in [0.15, 0.2) is 0 Å². The second kappa shape index (κ2) is 6.38. The highest BCUT2D eigenvalue weighted by Gasteiger charge is 2.27. The van der Waals surface area contributed by atoms with E-state index in [4.69, 9.17) is 5.73 Å². The molecule has 0 bridgehead atoms. The predicted molar refractivity (Wildman–Crippen MR) is 58.1 cm³/mol. The van der Waals surface area contributed by atoms with Crippen LogP contribution in [0.4, 0.5) is 8.78 Å². The van der Waals surface area contributed by atoms with Gasteiger partial charge in [-0.25, -0.2) is 8.78 Å². The van der Waals surface area contributed by atoms with Gasteiger partial charge >= 0.3 is 0 Å². The van der Waals surface area contributed by atoms with Gasteiger partial charge in [0, 0.05) is 6.04 Å². The SMILES string of the molecule is CN(CC(F)F)C1CCCCCC1CN. The lowest BCUT2D eigenvalue weighted by molar-refractivity contribution is 0.0628. The summed E-state index contributed by atoms with van der Waals surface area (Å²) in [4.78, 5) is 1.80. The Bertz CT molecular complexity index is 176. The van der Waals surface area contributed by atoms with E-state index in [1.165, 1.54) is 12.8 Å². The van der Waals surface area contributed by atoms with Gasteiger partial charge in [-0.15, -0.1) is 0 Å². The second-order valence-corrected chi connectivity index (χ2v) is 4.53. The van der Waals surface area contributed by atoms with E-state index in [9.17, 15) is 8.78 Å². The molecular formula is C11H22F2N2. The molecule has 1 fully saturated rings. The fraction of sp³-hybridized carbons (Fsp3) is 1.00. The zero-order valence-corrected chi connectivity index (χ0v) is 9.46. The van der Waals surface area contributed by atoms with Crippen LogP contribution >= 0.6 is 0 Å². The number of nitrogens with zero attached hydrogens (tertiary/aromatic N) is 1. The zero-order chi connectivity index (χ0) is 11.3. The number of halogens is 2. The Kier molecular flexibility index (Phi) is 5.47. The van der Waals surface area contributed by atoms with Gasteiger partial charge < -0.3 is 5.73 Å². The van der Waals surface area contributed by atoms with Gasteiger partial charge in [0.2, 0.25) is 0 Å². The first-order valence-electron chi connectivity index (χ1n) is 5.83. The highest BCUT2D eigenvalue weighted by molar-refractivity contribution is 4.81. The third-order valence-corrected chi connectivity index (χ3v) is 3.41. The maximum atomic E-state index is 12.3. The summed E-state index contributed by atoms with van der Waals surface area (Å²) in [5.41, 5.74) is 5.72. The maximum absolute atomic E-state index is 12.3. The number of nitrogens with two attached hydrogens (primary N) is 1. The molecule has 2 N–H and O–H groups in total. The first kappa shape index (κ1) is 12.8. The maximum Gasteiger partial charge on any atom is 0.251 e. The fourth-order valence-corrected chi connectivity index (χ4v) is 2.57. The second-order valence-electron chi connectivity index (χ2n) is 4.53. The van der Waals surface area contributed by atoms with Crippen molar-refractivity contribution in [3.8, 4) is 0 Å². The fourth-order valence-electron chi connectivity index (χ4n) is 2.57. The van der Waals surface area contributed by atoms with Gasteiger partial charge in [-0.05, 0) is 32.4 Å². The Morgan fingerprint density at radius 3 is 2.53 bits per heavy atom. The normalized spacial score (nSPS) is 28.4. The molecule has 1 saturated carbocycles. The largest absolute Gasteiger partial charge is 0.330 e. The molecule has 0 aromatic heterocycles. The average molecular weight is 220 g/mol. The van der Waals surface area contributed by atoms with Crippen LogP contribution in [0.25, 0.3) is 0 Å². The van der Waals surface area contributed by atoms with Crippen LogP contribution in [0, 0.1) is 5.92 Å². The van der Waals surface area contributed by atoms with Crippen molar-refractivity contribution in [2.75, 3.05) is 20.1 Å². The minimum Gasteiger partial charge on any atom is -0.330 e. The molecule has 90 valence electrons. The molecule has 0 aromatic rings. The quantitative estimate of drug-likeness (QED) is 0.735. The van der Waals surface area contributed by atoms with E-state index in [0.29, 0.717) is 12.5 Å². The Morgan fingerprint density at radius 2 is 1.93 bits per heavy atom. The highest BCUT2D eigenvalue weighted by Crippen LogP contribution is 2.26. The molecule has 0 amide bonds. The van der Waals surface area contributed by atoms with E-state index >= 15 is 0 Å². The molecule has 0 saturated heterocycles. The summed E-state index contributed by atoms with van der Waals surface area (Å²) in [5, 5.41) is 0. The van der Waals surface area contributed by atoms with Crippen LogP contribution in [0.5, 0.6) is 0 Å². The lowest BCUT2D eigenvalue weighted by Crippen LogP contribution is -2.42. The molecular weight excluding hydrogens is 198 g/mol. The molecule has 15 heavy (non-hydrogen) atoms. The summed E-state index contributed by atoms with van der Waals surface area (Å²) >= 11 is 0.